The van der Waals surface area contributed by atoms with Crippen LogP contribution < -0.4 is 10.6 Å². The Morgan fingerprint density at radius 1 is 1.31 bits per heavy atom. The monoisotopic (exact) mass is 442 g/mol. The third-order valence-electron chi connectivity index (χ3n) is 4.93. The molecule has 2 heterocycles. The molecular weight excluding hydrogens is 417 g/mol. The van der Waals surface area contributed by atoms with Crippen LogP contribution in [0, 0.1) is 12.8 Å². The van der Waals surface area contributed by atoms with Crippen LogP contribution in [0.1, 0.15) is 17.5 Å². The number of fused-ring (bicyclic) bond motifs is 1. The molecule has 0 fully saturated rings. The SMILES string of the molecule is C=C(/C=C\C(=NCc1ccc(C)cc1)NCC(F)(F)F)C(=O)C1=CNC2=NCCC=CC12. The average Bonchev–Trinajstić information content (AvgIpc) is 3.00. The maximum absolute atomic E-state index is 12.9. The van der Waals surface area contributed by atoms with E-state index >= 15 is 0 Å². The van der Waals surface area contributed by atoms with Gasteiger partial charge in [0.1, 0.15) is 18.2 Å². The Morgan fingerprint density at radius 2 is 2.06 bits per heavy atom. The van der Waals surface area contributed by atoms with Gasteiger partial charge in [-0.1, -0.05) is 48.6 Å². The van der Waals surface area contributed by atoms with Crippen molar-refractivity contribution in [2.24, 2.45) is 15.9 Å². The number of rotatable bonds is 7. The molecule has 0 saturated carbocycles. The second-order valence-corrected chi connectivity index (χ2v) is 7.55. The summed E-state index contributed by atoms with van der Waals surface area (Å²) in [5, 5.41) is 5.31. The van der Waals surface area contributed by atoms with Crippen LogP contribution in [-0.4, -0.2) is 36.7 Å². The van der Waals surface area contributed by atoms with E-state index in [0.717, 1.165) is 17.5 Å². The summed E-state index contributed by atoms with van der Waals surface area (Å²) in [6, 6.07) is 7.55. The Bertz CT molecular complexity index is 1010. The van der Waals surface area contributed by atoms with Crippen molar-refractivity contribution in [3.8, 4) is 0 Å². The molecule has 168 valence electrons. The smallest absolute Gasteiger partial charge is 0.361 e. The van der Waals surface area contributed by atoms with Crippen molar-refractivity contribution in [3.63, 3.8) is 0 Å². The van der Waals surface area contributed by atoms with Gasteiger partial charge in [-0.3, -0.25) is 14.8 Å². The van der Waals surface area contributed by atoms with E-state index < -0.39 is 12.7 Å². The van der Waals surface area contributed by atoms with Gasteiger partial charge in [-0.25, -0.2) is 0 Å². The maximum atomic E-state index is 12.9. The highest BCUT2D eigenvalue weighted by atomic mass is 19.4. The number of alkyl halides is 3. The summed E-state index contributed by atoms with van der Waals surface area (Å²) in [6.45, 7) is 5.36. The molecule has 2 N–H and O–H groups in total. The first-order chi connectivity index (χ1) is 15.2. The Balaban J connectivity index is 1.71. The molecule has 1 unspecified atom stereocenters. The van der Waals surface area contributed by atoms with Crippen LogP contribution in [0.25, 0.3) is 0 Å². The van der Waals surface area contributed by atoms with Gasteiger partial charge >= 0.3 is 6.18 Å². The van der Waals surface area contributed by atoms with E-state index in [9.17, 15) is 18.0 Å². The van der Waals surface area contributed by atoms with Crippen molar-refractivity contribution >= 4 is 17.5 Å². The van der Waals surface area contributed by atoms with E-state index in [1.807, 2.05) is 43.3 Å². The molecule has 3 rings (SSSR count). The minimum absolute atomic E-state index is 0.0204. The van der Waals surface area contributed by atoms with Gasteiger partial charge in [0.05, 0.1) is 12.5 Å². The fourth-order valence-electron chi connectivity index (χ4n) is 3.18. The normalized spacial score (nSPS) is 18.5. The predicted molar refractivity (Wildman–Crippen MR) is 120 cm³/mol. The maximum Gasteiger partial charge on any atom is 0.405 e. The largest absolute Gasteiger partial charge is 0.405 e. The number of nitrogens with one attached hydrogen (secondary N) is 2. The van der Waals surface area contributed by atoms with Crippen molar-refractivity contribution in [1.82, 2.24) is 10.6 Å². The van der Waals surface area contributed by atoms with E-state index in [1.165, 1.54) is 12.2 Å². The Morgan fingerprint density at radius 3 is 2.78 bits per heavy atom. The molecule has 0 aromatic heterocycles. The average molecular weight is 442 g/mol. The molecule has 1 aromatic rings. The topological polar surface area (TPSA) is 65.8 Å². The van der Waals surface area contributed by atoms with Gasteiger partial charge in [0.2, 0.25) is 0 Å². The minimum Gasteiger partial charge on any atom is -0.361 e. The van der Waals surface area contributed by atoms with Crippen LogP contribution in [0.3, 0.4) is 0 Å². The zero-order valence-electron chi connectivity index (χ0n) is 17.7. The number of amidine groups is 2. The number of allylic oxidation sites excluding steroid dienone is 2. The van der Waals surface area contributed by atoms with Crippen LogP contribution in [0.5, 0.6) is 0 Å². The number of ketones is 1. The fraction of sp³-hybridized carbons (Fsp3) is 0.292. The summed E-state index contributed by atoms with van der Waals surface area (Å²) in [5.74, 6) is 0.176. The minimum atomic E-state index is -4.40. The van der Waals surface area contributed by atoms with Crippen LogP contribution >= 0.6 is 0 Å². The lowest BCUT2D eigenvalue weighted by Crippen LogP contribution is -2.33. The number of hydrogen-bond acceptors (Lipinski definition) is 4. The van der Waals surface area contributed by atoms with E-state index in [0.29, 0.717) is 18.0 Å². The van der Waals surface area contributed by atoms with Gasteiger partial charge < -0.3 is 10.6 Å². The van der Waals surface area contributed by atoms with Gasteiger partial charge in [0, 0.05) is 23.9 Å². The number of benzene rings is 1. The summed E-state index contributed by atoms with van der Waals surface area (Å²) < 4.78 is 38.1. The number of halogens is 3. The molecule has 0 spiro atoms. The van der Waals surface area contributed by atoms with Gasteiger partial charge in [0.15, 0.2) is 5.78 Å². The molecule has 0 aliphatic carbocycles. The Kier molecular flexibility index (Phi) is 7.45. The molecule has 1 aromatic carbocycles. The molecule has 5 nitrogen and oxygen atoms in total. The third-order valence-corrected chi connectivity index (χ3v) is 4.93. The molecule has 2 aliphatic heterocycles. The highest BCUT2D eigenvalue weighted by Gasteiger charge is 2.30. The number of carbonyl (C=O) groups is 1. The van der Waals surface area contributed by atoms with Crippen molar-refractivity contribution in [2.45, 2.75) is 26.1 Å². The van der Waals surface area contributed by atoms with Crippen LogP contribution in [0.15, 0.2) is 82.5 Å². The number of aliphatic imine (C=N–C) groups is 2. The molecule has 8 heteroatoms. The predicted octanol–water partition coefficient (Wildman–Crippen LogP) is 4.19. The molecule has 1 atom stereocenters. The molecular formula is C24H25F3N4O. The van der Waals surface area contributed by atoms with E-state index in [-0.39, 0.29) is 29.7 Å². The molecule has 0 saturated heterocycles. The zero-order valence-corrected chi connectivity index (χ0v) is 17.7. The highest BCUT2D eigenvalue weighted by molar-refractivity contribution is 6.16. The Labute approximate surface area is 185 Å². The number of nitrogens with zero attached hydrogens (tertiary/aromatic N) is 2. The van der Waals surface area contributed by atoms with Gasteiger partial charge in [0.25, 0.3) is 0 Å². The molecule has 0 bridgehead atoms. The number of hydrogen-bond donors (Lipinski definition) is 2. The lowest BCUT2D eigenvalue weighted by atomic mass is 9.93. The van der Waals surface area contributed by atoms with Crippen molar-refractivity contribution in [3.05, 3.63) is 83.6 Å². The van der Waals surface area contributed by atoms with Gasteiger partial charge in [-0.05, 0) is 31.1 Å². The quantitative estimate of drug-likeness (QED) is 0.219. The lowest BCUT2D eigenvalue weighted by Gasteiger charge is -2.11. The van der Waals surface area contributed by atoms with E-state index in [2.05, 4.69) is 27.2 Å². The van der Waals surface area contributed by atoms with Crippen LogP contribution in [0.2, 0.25) is 0 Å². The molecule has 0 radical (unpaired) electrons. The third kappa shape index (κ3) is 6.54. The van der Waals surface area contributed by atoms with Gasteiger partial charge in [-0.2, -0.15) is 13.2 Å². The number of Topliss-reactive ketones (excluding diaryl/α,β-unsaturated/α-hetero) is 1. The van der Waals surface area contributed by atoms with Crippen molar-refractivity contribution in [2.75, 3.05) is 13.1 Å². The van der Waals surface area contributed by atoms with Crippen LogP contribution in [-0.2, 0) is 11.3 Å². The van der Waals surface area contributed by atoms with Crippen LogP contribution in [0.4, 0.5) is 13.2 Å². The molecule has 2 aliphatic rings. The highest BCUT2D eigenvalue weighted by Crippen LogP contribution is 2.24. The summed E-state index contributed by atoms with van der Waals surface area (Å²) in [6.07, 6.45) is 4.64. The van der Waals surface area contributed by atoms with E-state index in [4.69, 9.17) is 0 Å². The van der Waals surface area contributed by atoms with E-state index in [1.54, 1.807) is 6.20 Å². The molecule has 32 heavy (non-hydrogen) atoms. The number of carbonyl (C=O) groups excluding carboxylic acids is 1. The fourth-order valence-corrected chi connectivity index (χ4v) is 3.18. The second kappa shape index (κ2) is 10.3. The molecule has 0 amide bonds. The summed E-state index contributed by atoms with van der Waals surface area (Å²) in [5.41, 5.74) is 2.58. The lowest BCUT2D eigenvalue weighted by molar-refractivity contribution is -0.122. The first-order valence-corrected chi connectivity index (χ1v) is 10.2. The second-order valence-electron chi connectivity index (χ2n) is 7.55. The Hall–Kier alpha value is -3.42. The summed E-state index contributed by atoms with van der Waals surface area (Å²) >= 11 is 0. The summed E-state index contributed by atoms with van der Waals surface area (Å²) in [7, 11) is 0. The van der Waals surface area contributed by atoms with Crippen molar-refractivity contribution in [1.29, 1.82) is 0 Å². The van der Waals surface area contributed by atoms with Gasteiger partial charge in [-0.15, -0.1) is 0 Å². The standard InChI is InChI=1S/C24H25F3N4O/c1-16-6-9-18(10-7-16)13-29-21(31-15-24(25,26)27)11-8-17(2)22(32)20-14-30-23-19(20)5-3-4-12-28-23/h3,5-11,14,19H,2,4,12-13,15H2,1H3,(H,28,30)(H,29,31)/b11-8-. The first-order valence-electron chi connectivity index (χ1n) is 10.2. The summed E-state index contributed by atoms with van der Waals surface area (Å²) in [4.78, 5) is 21.5. The zero-order chi connectivity index (χ0) is 23.1. The van der Waals surface area contributed by atoms with Crippen molar-refractivity contribution < 1.29 is 18.0 Å². The number of aryl methyl sites for hydroxylation is 1. The first kappa shape index (κ1) is 23.2.